The van der Waals surface area contributed by atoms with Gasteiger partial charge < -0.3 is 0 Å². The Morgan fingerprint density at radius 1 is 1.10 bits per heavy atom. The van der Waals surface area contributed by atoms with Gasteiger partial charge in [-0.3, -0.25) is 0 Å². The number of hydrogen-bond acceptors (Lipinski definition) is 0. The first kappa shape index (κ1) is 11.2. The molecular formula is C5H5Cl5. The molecule has 0 aliphatic heterocycles. The van der Waals surface area contributed by atoms with E-state index in [4.69, 9.17) is 58.0 Å². The maximum absolute atomic E-state index is 5.62. The molecule has 60 valence electrons. The average Bonchev–Trinajstić information content (AvgIpc) is 1.62. The minimum Gasteiger partial charge on any atom is -0.0970 e. The summed E-state index contributed by atoms with van der Waals surface area (Å²) < 4.78 is -3.25. The standard InChI is InChI=1S/C5H5Cl5/c1-3(2)4(6,7)5(8,9)10/h1H2,2H3. The number of hydrogen-bond donors (Lipinski definition) is 0. The van der Waals surface area contributed by atoms with E-state index < -0.39 is 8.13 Å². The van der Waals surface area contributed by atoms with Gasteiger partial charge in [-0.2, -0.15) is 0 Å². The van der Waals surface area contributed by atoms with Gasteiger partial charge in [-0.1, -0.05) is 64.6 Å². The molecule has 5 heteroatoms. The summed E-state index contributed by atoms with van der Waals surface area (Å²) in [6, 6.07) is 0. The van der Waals surface area contributed by atoms with E-state index in [0.29, 0.717) is 5.57 Å². The van der Waals surface area contributed by atoms with Crippen LogP contribution in [0.5, 0.6) is 0 Å². The Morgan fingerprint density at radius 3 is 1.40 bits per heavy atom. The van der Waals surface area contributed by atoms with Crippen LogP contribution in [0.15, 0.2) is 12.2 Å². The molecule has 0 amide bonds. The highest BCUT2D eigenvalue weighted by atomic mass is 35.6. The third-order valence-corrected chi connectivity index (χ3v) is 3.54. The van der Waals surface area contributed by atoms with Crippen LogP contribution in [-0.4, -0.2) is 8.13 Å². The van der Waals surface area contributed by atoms with Gasteiger partial charge in [-0.05, 0) is 12.5 Å². The number of rotatable bonds is 1. The molecule has 0 radical (unpaired) electrons. The maximum atomic E-state index is 5.62. The van der Waals surface area contributed by atoms with Crippen molar-refractivity contribution in [1.29, 1.82) is 0 Å². The Hall–Kier alpha value is 1.19. The third kappa shape index (κ3) is 2.35. The summed E-state index contributed by atoms with van der Waals surface area (Å²) >= 11 is 27.5. The van der Waals surface area contributed by atoms with Gasteiger partial charge in [0.2, 0.25) is 3.79 Å². The average molecular weight is 242 g/mol. The monoisotopic (exact) mass is 240 g/mol. The first-order valence-corrected chi connectivity index (χ1v) is 4.19. The van der Waals surface area contributed by atoms with Crippen LogP contribution in [0.2, 0.25) is 0 Å². The molecule has 0 aromatic carbocycles. The quantitative estimate of drug-likeness (QED) is 0.479. The molecule has 0 heterocycles. The third-order valence-electron chi connectivity index (χ3n) is 0.892. The van der Waals surface area contributed by atoms with Crippen LogP contribution in [-0.2, 0) is 0 Å². The summed E-state index contributed by atoms with van der Waals surface area (Å²) in [6.45, 7) is 5.06. The first-order chi connectivity index (χ1) is 4.19. The lowest BCUT2D eigenvalue weighted by Gasteiger charge is -2.27. The number of halogens is 5. The van der Waals surface area contributed by atoms with Crippen LogP contribution in [0.25, 0.3) is 0 Å². The fraction of sp³-hybridized carbons (Fsp3) is 0.600. The molecule has 0 fully saturated rings. The summed E-state index contributed by atoms with van der Waals surface area (Å²) in [7, 11) is 0. The molecule has 10 heavy (non-hydrogen) atoms. The van der Waals surface area contributed by atoms with E-state index in [2.05, 4.69) is 6.58 Å². The summed E-state index contributed by atoms with van der Waals surface area (Å²) in [6.07, 6.45) is 0. The fourth-order valence-corrected chi connectivity index (χ4v) is 0.726. The number of allylic oxidation sites excluding steroid dienone is 1. The minimum absolute atomic E-state index is 0.399. The van der Waals surface area contributed by atoms with E-state index in [1.165, 1.54) is 0 Å². The van der Waals surface area contributed by atoms with E-state index in [1.807, 2.05) is 0 Å². The zero-order valence-electron chi connectivity index (χ0n) is 5.10. The van der Waals surface area contributed by atoms with E-state index >= 15 is 0 Å². The van der Waals surface area contributed by atoms with Crippen molar-refractivity contribution >= 4 is 58.0 Å². The lowest BCUT2D eigenvalue weighted by Crippen LogP contribution is -2.31. The molecule has 0 unspecified atom stereocenters. The Kier molecular flexibility index (Phi) is 3.67. The second kappa shape index (κ2) is 3.28. The van der Waals surface area contributed by atoms with Gasteiger partial charge in [0.1, 0.15) is 0 Å². The Labute approximate surface area is 85.0 Å². The molecule has 0 bridgehead atoms. The molecule has 0 aliphatic rings. The molecule has 0 rings (SSSR count). The van der Waals surface area contributed by atoms with Crippen LogP contribution < -0.4 is 0 Å². The van der Waals surface area contributed by atoms with E-state index in [1.54, 1.807) is 6.92 Å². The molecule has 0 aliphatic carbocycles. The van der Waals surface area contributed by atoms with Gasteiger partial charge in [-0.15, -0.1) is 0 Å². The SMILES string of the molecule is C=C(C)C(Cl)(Cl)C(Cl)(Cl)Cl. The topological polar surface area (TPSA) is 0 Å². The molecule has 0 saturated heterocycles. The fourth-order valence-electron chi connectivity index (χ4n) is 0.242. The van der Waals surface area contributed by atoms with Gasteiger partial charge in [0.25, 0.3) is 0 Å². The van der Waals surface area contributed by atoms with Gasteiger partial charge >= 0.3 is 0 Å². The Bertz CT molecular complexity index is 143. The van der Waals surface area contributed by atoms with E-state index in [-0.39, 0.29) is 0 Å². The summed E-state index contributed by atoms with van der Waals surface area (Å²) in [4.78, 5) is 0. The molecule has 0 aromatic heterocycles. The van der Waals surface area contributed by atoms with E-state index in [0.717, 1.165) is 0 Å². The molecule has 0 saturated carbocycles. The summed E-state index contributed by atoms with van der Waals surface area (Å²) in [5.74, 6) is 0. The normalized spacial score (nSPS) is 13.4. The second-order valence-corrected chi connectivity index (χ2v) is 5.46. The van der Waals surface area contributed by atoms with Crippen LogP contribution in [0.1, 0.15) is 6.92 Å². The highest BCUT2D eigenvalue weighted by Crippen LogP contribution is 2.49. The van der Waals surface area contributed by atoms with Crippen molar-refractivity contribution in [2.24, 2.45) is 0 Å². The van der Waals surface area contributed by atoms with Crippen LogP contribution in [0.3, 0.4) is 0 Å². The minimum atomic E-state index is -1.73. The maximum Gasteiger partial charge on any atom is 0.226 e. The van der Waals surface area contributed by atoms with Crippen molar-refractivity contribution in [3.63, 3.8) is 0 Å². The number of alkyl halides is 5. The van der Waals surface area contributed by atoms with Crippen molar-refractivity contribution in [3.8, 4) is 0 Å². The molecule has 0 nitrogen and oxygen atoms in total. The van der Waals surface area contributed by atoms with Gasteiger partial charge in [0, 0.05) is 0 Å². The van der Waals surface area contributed by atoms with Crippen molar-refractivity contribution < 1.29 is 0 Å². The summed E-state index contributed by atoms with van der Waals surface area (Å²) in [5.41, 5.74) is 0.399. The van der Waals surface area contributed by atoms with Crippen LogP contribution >= 0.6 is 58.0 Å². The lowest BCUT2D eigenvalue weighted by molar-refractivity contribution is 0.925. The smallest absolute Gasteiger partial charge is 0.0970 e. The predicted octanol–water partition coefficient (Wildman–Crippen LogP) is 4.11. The van der Waals surface area contributed by atoms with Gasteiger partial charge in [0.05, 0.1) is 0 Å². The molecule has 0 atom stereocenters. The van der Waals surface area contributed by atoms with Crippen LogP contribution in [0.4, 0.5) is 0 Å². The molecule has 0 spiro atoms. The van der Waals surface area contributed by atoms with Crippen molar-refractivity contribution in [2.45, 2.75) is 15.0 Å². The Morgan fingerprint density at radius 2 is 1.40 bits per heavy atom. The largest absolute Gasteiger partial charge is 0.226 e. The highest BCUT2D eigenvalue weighted by Gasteiger charge is 2.46. The van der Waals surface area contributed by atoms with Gasteiger partial charge in [-0.25, -0.2) is 0 Å². The van der Waals surface area contributed by atoms with E-state index in [9.17, 15) is 0 Å². The Balaban J connectivity index is 4.57. The molecule has 0 aromatic rings. The second-order valence-electron chi connectivity index (χ2n) is 1.85. The first-order valence-electron chi connectivity index (χ1n) is 2.30. The lowest BCUT2D eigenvalue weighted by atomic mass is 10.2. The molecular weight excluding hydrogens is 237 g/mol. The van der Waals surface area contributed by atoms with Gasteiger partial charge in [0.15, 0.2) is 4.33 Å². The summed E-state index contributed by atoms with van der Waals surface area (Å²) in [5, 5.41) is 0. The van der Waals surface area contributed by atoms with Crippen molar-refractivity contribution in [1.82, 2.24) is 0 Å². The zero-order valence-corrected chi connectivity index (χ0v) is 8.88. The highest BCUT2D eigenvalue weighted by molar-refractivity contribution is 6.76. The predicted molar refractivity (Wildman–Crippen MR) is 49.5 cm³/mol. The van der Waals surface area contributed by atoms with Crippen LogP contribution in [0, 0.1) is 0 Å². The van der Waals surface area contributed by atoms with Crippen molar-refractivity contribution in [2.75, 3.05) is 0 Å². The molecule has 0 N–H and O–H groups in total. The van der Waals surface area contributed by atoms with Crippen molar-refractivity contribution in [3.05, 3.63) is 12.2 Å². The zero-order chi connectivity index (χ0) is 8.58.